The predicted octanol–water partition coefficient (Wildman–Crippen LogP) is 2.96. The van der Waals surface area contributed by atoms with Gasteiger partial charge in [-0.3, -0.25) is 10.3 Å². The molecule has 1 unspecified atom stereocenters. The molecule has 2 amide bonds. The molecule has 28 heavy (non-hydrogen) atoms. The molecule has 0 aromatic carbocycles. The van der Waals surface area contributed by atoms with Crippen LogP contribution in [0.2, 0.25) is 0 Å². The van der Waals surface area contributed by atoms with Gasteiger partial charge in [0.05, 0.1) is 0 Å². The Morgan fingerprint density at radius 1 is 1.36 bits per heavy atom. The Morgan fingerprint density at radius 2 is 2.21 bits per heavy atom. The standard InChI is InChI=1S/C20H22N6OS/c1-26-11-7-14(8-12-26)16-3-2-4-17(22-16)24-20(27)25-18-13-28-19(23-18)15-5-9-21-10-6-15/h2-7,9-10,13,17,22H,8,11-12H2,1H3,(H2,24,25,27). The third-order valence-electron chi connectivity index (χ3n) is 4.60. The van der Waals surface area contributed by atoms with Gasteiger partial charge < -0.3 is 15.5 Å². The summed E-state index contributed by atoms with van der Waals surface area (Å²) in [5, 5.41) is 11.8. The van der Waals surface area contributed by atoms with Crippen molar-refractivity contribution in [2.24, 2.45) is 0 Å². The maximum Gasteiger partial charge on any atom is 0.322 e. The zero-order chi connectivity index (χ0) is 19.3. The van der Waals surface area contributed by atoms with Gasteiger partial charge in [0.15, 0.2) is 0 Å². The summed E-state index contributed by atoms with van der Waals surface area (Å²) in [5.74, 6) is 0.530. The number of urea groups is 1. The summed E-state index contributed by atoms with van der Waals surface area (Å²) < 4.78 is 0. The largest absolute Gasteiger partial charge is 0.362 e. The van der Waals surface area contributed by atoms with Crippen LogP contribution in [-0.2, 0) is 0 Å². The van der Waals surface area contributed by atoms with Crippen molar-refractivity contribution in [3.63, 3.8) is 0 Å². The molecule has 144 valence electrons. The average molecular weight is 395 g/mol. The lowest BCUT2D eigenvalue weighted by Gasteiger charge is -2.28. The van der Waals surface area contributed by atoms with Gasteiger partial charge in [-0.1, -0.05) is 12.2 Å². The number of thiazole rings is 1. The van der Waals surface area contributed by atoms with Gasteiger partial charge in [0, 0.05) is 42.1 Å². The molecule has 4 heterocycles. The zero-order valence-corrected chi connectivity index (χ0v) is 16.4. The molecule has 2 aromatic heterocycles. The molecule has 7 nitrogen and oxygen atoms in total. The van der Waals surface area contributed by atoms with Crippen molar-refractivity contribution in [2.75, 3.05) is 25.5 Å². The quantitative estimate of drug-likeness (QED) is 0.743. The summed E-state index contributed by atoms with van der Waals surface area (Å²) in [6.07, 6.45) is 12.4. The van der Waals surface area contributed by atoms with E-state index in [0.29, 0.717) is 5.82 Å². The number of amides is 2. The maximum atomic E-state index is 12.4. The first kappa shape index (κ1) is 18.4. The van der Waals surface area contributed by atoms with Crippen LogP contribution in [0.5, 0.6) is 0 Å². The van der Waals surface area contributed by atoms with E-state index in [0.717, 1.165) is 35.8 Å². The molecule has 0 fully saturated rings. The SMILES string of the molecule is CN1CC=C(C2=CC=CC(NC(=O)Nc3csc(-c4ccncc4)n3)N2)CC1. The summed E-state index contributed by atoms with van der Waals surface area (Å²) in [5.41, 5.74) is 3.33. The van der Waals surface area contributed by atoms with Gasteiger partial charge in [0.25, 0.3) is 0 Å². The fraction of sp³-hybridized carbons (Fsp3) is 0.250. The fourth-order valence-electron chi connectivity index (χ4n) is 3.08. The van der Waals surface area contributed by atoms with Crippen molar-refractivity contribution in [2.45, 2.75) is 12.6 Å². The zero-order valence-electron chi connectivity index (χ0n) is 15.6. The highest BCUT2D eigenvalue weighted by atomic mass is 32.1. The highest BCUT2D eigenvalue weighted by Crippen LogP contribution is 2.25. The van der Waals surface area contributed by atoms with Crippen molar-refractivity contribution in [3.8, 4) is 10.6 Å². The van der Waals surface area contributed by atoms with Crippen molar-refractivity contribution in [1.82, 2.24) is 25.5 Å². The number of nitrogens with zero attached hydrogens (tertiary/aromatic N) is 3. The first-order valence-corrected chi connectivity index (χ1v) is 10.0. The highest BCUT2D eigenvalue weighted by molar-refractivity contribution is 7.13. The Morgan fingerprint density at radius 3 is 3.00 bits per heavy atom. The first-order chi connectivity index (χ1) is 13.7. The molecule has 0 bridgehead atoms. The van der Waals surface area contributed by atoms with Crippen LogP contribution in [-0.4, -0.2) is 47.2 Å². The lowest BCUT2D eigenvalue weighted by atomic mass is 10.0. The van der Waals surface area contributed by atoms with Crippen molar-refractivity contribution >= 4 is 23.2 Å². The summed E-state index contributed by atoms with van der Waals surface area (Å²) in [7, 11) is 2.11. The summed E-state index contributed by atoms with van der Waals surface area (Å²) in [6, 6.07) is 3.49. The van der Waals surface area contributed by atoms with Gasteiger partial charge in [-0.05, 0) is 43.3 Å². The molecule has 2 aliphatic heterocycles. The monoisotopic (exact) mass is 394 g/mol. The Bertz CT molecular complexity index is 933. The van der Waals surface area contributed by atoms with Crippen molar-refractivity contribution < 1.29 is 4.79 Å². The number of dihydropyridines is 1. The lowest BCUT2D eigenvalue weighted by molar-refractivity contribution is 0.249. The molecule has 1 atom stereocenters. The maximum absolute atomic E-state index is 12.4. The molecule has 0 spiro atoms. The van der Waals surface area contributed by atoms with Gasteiger partial charge in [0.2, 0.25) is 0 Å². The number of carbonyl (C=O) groups is 1. The number of likely N-dealkylation sites (N-methyl/N-ethyl adjacent to an activating group) is 1. The number of rotatable bonds is 4. The number of hydrogen-bond acceptors (Lipinski definition) is 6. The topological polar surface area (TPSA) is 82.2 Å². The lowest BCUT2D eigenvalue weighted by Crippen LogP contribution is -2.46. The first-order valence-electron chi connectivity index (χ1n) is 9.14. The molecule has 0 aliphatic carbocycles. The average Bonchev–Trinajstić information content (AvgIpc) is 3.18. The molecule has 8 heteroatoms. The number of nitrogens with one attached hydrogen (secondary N) is 3. The molecular weight excluding hydrogens is 372 g/mol. The number of allylic oxidation sites excluding steroid dienone is 3. The predicted molar refractivity (Wildman–Crippen MR) is 112 cm³/mol. The van der Waals surface area contributed by atoms with E-state index in [1.165, 1.54) is 16.9 Å². The molecule has 2 aliphatic rings. The van der Waals surface area contributed by atoms with Gasteiger partial charge >= 0.3 is 6.03 Å². The smallest absolute Gasteiger partial charge is 0.322 e. The number of anilines is 1. The van der Waals surface area contributed by atoms with Gasteiger partial charge in [-0.2, -0.15) is 0 Å². The fourth-order valence-corrected chi connectivity index (χ4v) is 3.84. The summed E-state index contributed by atoms with van der Waals surface area (Å²) >= 11 is 1.48. The molecule has 2 aromatic rings. The Balaban J connectivity index is 1.33. The minimum absolute atomic E-state index is 0.265. The minimum Gasteiger partial charge on any atom is -0.362 e. The van der Waals surface area contributed by atoms with Crippen LogP contribution in [0.1, 0.15) is 6.42 Å². The van der Waals surface area contributed by atoms with Crippen LogP contribution < -0.4 is 16.0 Å². The van der Waals surface area contributed by atoms with E-state index in [1.807, 2.05) is 29.7 Å². The summed E-state index contributed by atoms with van der Waals surface area (Å²) in [4.78, 5) is 23.1. The van der Waals surface area contributed by atoms with Gasteiger partial charge in [-0.15, -0.1) is 11.3 Å². The number of pyridine rings is 1. The van der Waals surface area contributed by atoms with Crippen LogP contribution in [0.25, 0.3) is 10.6 Å². The Hall–Kier alpha value is -2.97. The second-order valence-corrected chi connectivity index (χ2v) is 7.56. The van der Waals surface area contributed by atoms with E-state index in [-0.39, 0.29) is 12.2 Å². The van der Waals surface area contributed by atoms with E-state index in [9.17, 15) is 4.79 Å². The van der Waals surface area contributed by atoms with E-state index < -0.39 is 0 Å². The molecular formula is C20H22N6OS. The number of hydrogen-bond donors (Lipinski definition) is 3. The molecule has 0 saturated carbocycles. The second kappa shape index (κ2) is 8.37. The van der Waals surface area contributed by atoms with E-state index in [2.05, 4.69) is 50.0 Å². The van der Waals surface area contributed by atoms with E-state index >= 15 is 0 Å². The van der Waals surface area contributed by atoms with Gasteiger partial charge in [-0.25, -0.2) is 9.78 Å². The Kier molecular flexibility index (Phi) is 5.50. The highest BCUT2D eigenvalue weighted by Gasteiger charge is 2.18. The van der Waals surface area contributed by atoms with Crippen LogP contribution in [0, 0.1) is 0 Å². The second-order valence-electron chi connectivity index (χ2n) is 6.70. The summed E-state index contributed by atoms with van der Waals surface area (Å²) in [6.45, 7) is 1.98. The number of carbonyl (C=O) groups excluding carboxylic acids is 1. The van der Waals surface area contributed by atoms with Crippen LogP contribution in [0.3, 0.4) is 0 Å². The van der Waals surface area contributed by atoms with E-state index in [1.54, 1.807) is 12.4 Å². The van der Waals surface area contributed by atoms with Gasteiger partial charge in [0.1, 0.15) is 17.0 Å². The minimum atomic E-state index is -0.299. The van der Waals surface area contributed by atoms with Crippen LogP contribution >= 0.6 is 11.3 Å². The van der Waals surface area contributed by atoms with Crippen LogP contribution in [0.4, 0.5) is 10.6 Å². The molecule has 3 N–H and O–H groups in total. The van der Waals surface area contributed by atoms with Crippen molar-refractivity contribution in [1.29, 1.82) is 0 Å². The molecule has 0 radical (unpaired) electrons. The van der Waals surface area contributed by atoms with E-state index in [4.69, 9.17) is 0 Å². The molecule has 4 rings (SSSR count). The number of aromatic nitrogens is 2. The third kappa shape index (κ3) is 4.47. The normalized spacial score (nSPS) is 19.4. The molecule has 0 saturated heterocycles. The van der Waals surface area contributed by atoms with Crippen LogP contribution in [0.15, 0.2) is 65.5 Å². The van der Waals surface area contributed by atoms with Crippen molar-refractivity contribution in [3.05, 3.63) is 65.5 Å². The third-order valence-corrected chi connectivity index (χ3v) is 5.49. The Labute approximate surface area is 167 Å².